The van der Waals surface area contributed by atoms with Crippen LogP contribution in [0.4, 0.5) is 11.4 Å². The maximum absolute atomic E-state index is 11.9. The summed E-state index contributed by atoms with van der Waals surface area (Å²) in [4.78, 5) is 16.3. The molecule has 0 saturated carbocycles. The molecule has 0 bridgehead atoms. The number of amides is 1. The van der Waals surface area contributed by atoms with Crippen LogP contribution in [0, 0.1) is 0 Å². The van der Waals surface area contributed by atoms with Crippen molar-refractivity contribution in [2.45, 2.75) is 0 Å². The van der Waals surface area contributed by atoms with Crippen LogP contribution in [0.5, 0.6) is 0 Å². The summed E-state index contributed by atoms with van der Waals surface area (Å²) in [6.07, 6.45) is 0. The zero-order chi connectivity index (χ0) is 13.4. The van der Waals surface area contributed by atoms with E-state index in [0.717, 1.165) is 0 Å². The van der Waals surface area contributed by atoms with Crippen molar-refractivity contribution >= 4 is 46.2 Å². The molecule has 0 radical (unpaired) electrons. The molecule has 1 heterocycles. The van der Waals surface area contributed by atoms with E-state index >= 15 is 0 Å². The van der Waals surface area contributed by atoms with Gasteiger partial charge in [0.1, 0.15) is 5.71 Å². The Morgan fingerprint density at radius 1 is 1.05 bits per heavy atom. The van der Waals surface area contributed by atoms with Gasteiger partial charge in [0.25, 0.3) is 5.91 Å². The average Bonchev–Trinajstić information content (AvgIpc) is 2.69. The van der Waals surface area contributed by atoms with Crippen LogP contribution in [-0.4, -0.2) is 11.6 Å². The number of rotatable bonds is 1. The standard InChI is InChI=1S/C14H8Cl2N2O/c15-8-3-1-4-9(7-8)17-13-10-5-2-6-11(16)12(10)18-14(13)19/h1-7H,(H,17,18,19). The summed E-state index contributed by atoms with van der Waals surface area (Å²) in [6, 6.07) is 12.3. The lowest BCUT2D eigenvalue weighted by Crippen LogP contribution is -2.13. The molecule has 0 fully saturated rings. The average molecular weight is 291 g/mol. The fourth-order valence-electron chi connectivity index (χ4n) is 1.93. The van der Waals surface area contributed by atoms with E-state index in [1.807, 2.05) is 6.07 Å². The van der Waals surface area contributed by atoms with Gasteiger partial charge in [0.05, 0.1) is 16.4 Å². The third-order valence-electron chi connectivity index (χ3n) is 2.77. The first-order chi connectivity index (χ1) is 9.15. The van der Waals surface area contributed by atoms with E-state index in [-0.39, 0.29) is 5.91 Å². The number of halogens is 2. The SMILES string of the molecule is O=C1Nc2c(Cl)cccc2C1=Nc1cccc(Cl)c1. The smallest absolute Gasteiger partial charge is 0.275 e. The number of nitrogens with one attached hydrogen (secondary N) is 1. The Morgan fingerprint density at radius 2 is 1.84 bits per heavy atom. The van der Waals surface area contributed by atoms with Gasteiger partial charge in [-0.2, -0.15) is 0 Å². The van der Waals surface area contributed by atoms with E-state index in [1.54, 1.807) is 36.4 Å². The molecule has 3 rings (SSSR count). The van der Waals surface area contributed by atoms with Gasteiger partial charge in [-0.15, -0.1) is 0 Å². The Hall–Kier alpha value is -1.84. The first-order valence-corrected chi connectivity index (χ1v) is 6.35. The highest BCUT2D eigenvalue weighted by molar-refractivity contribution is 6.55. The normalized spacial score (nSPS) is 15.5. The number of carbonyl (C=O) groups excluding carboxylic acids is 1. The lowest BCUT2D eigenvalue weighted by Gasteiger charge is -1.99. The zero-order valence-corrected chi connectivity index (χ0v) is 11.2. The molecule has 19 heavy (non-hydrogen) atoms. The number of para-hydroxylation sites is 1. The van der Waals surface area contributed by atoms with Crippen LogP contribution in [0.1, 0.15) is 5.56 Å². The van der Waals surface area contributed by atoms with Crippen molar-refractivity contribution in [3.63, 3.8) is 0 Å². The Morgan fingerprint density at radius 3 is 2.63 bits per heavy atom. The van der Waals surface area contributed by atoms with Crippen LogP contribution in [0.25, 0.3) is 0 Å². The van der Waals surface area contributed by atoms with E-state index in [2.05, 4.69) is 10.3 Å². The van der Waals surface area contributed by atoms with Crippen LogP contribution in [0.2, 0.25) is 10.0 Å². The molecule has 3 nitrogen and oxygen atoms in total. The fourth-order valence-corrected chi connectivity index (χ4v) is 2.34. The van der Waals surface area contributed by atoms with Crippen molar-refractivity contribution in [2.24, 2.45) is 4.99 Å². The highest BCUT2D eigenvalue weighted by Gasteiger charge is 2.27. The highest BCUT2D eigenvalue weighted by atomic mass is 35.5. The predicted octanol–water partition coefficient (Wildman–Crippen LogP) is 4.07. The van der Waals surface area contributed by atoms with Crippen LogP contribution >= 0.6 is 23.2 Å². The molecule has 0 atom stereocenters. The summed E-state index contributed by atoms with van der Waals surface area (Å²) >= 11 is 11.9. The third kappa shape index (κ3) is 2.23. The summed E-state index contributed by atoms with van der Waals surface area (Å²) < 4.78 is 0. The molecule has 1 aliphatic rings. The lowest BCUT2D eigenvalue weighted by atomic mass is 10.1. The van der Waals surface area contributed by atoms with Crippen LogP contribution in [0.3, 0.4) is 0 Å². The monoisotopic (exact) mass is 290 g/mol. The molecule has 1 aliphatic heterocycles. The van der Waals surface area contributed by atoms with Gasteiger partial charge >= 0.3 is 0 Å². The summed E-state index contributed by atoms with van der Waals surface area (Å²) in [5.41, 5.74) is 2.29. The van der Waals surface area contributed by atoms with Gasteiger partial charge < -0.3 is 5.32 Å². The van der Waals surface area contributed by atoms with Gasteiger partial charge in [-0.05, 0) is 24.3 Å². The fraction of sp³-hybridized carbons (Fsp3) is 0. The van der Waals surface area contributed by atoms with Crippen molar-refractivity contribution in [2.75, 3.05) is 5.32 Å². The second kappa shape index (κ2) is 4.68. The topological polar surface area (TPSA) is 41.5 Å². The molecule has 2 aromatic carbocycles. The summed E-state index contributed by atoms with van der Waals surface area (Å²) in [5, 5.41) is 3.79. The second-order valence-electron chi connectivity index (χ2n) is 4.06. The summed E-state index contributed by atoms with van der Waals surface area (Å²) in [7, 11) is 0. The Kier molecular flexibility index (Phi) is 3.01. The van der Waals surface area contributed by atoms with Crippen molar-refractivity contribution in [1.29, 1.82) is 0 Å². The van der Waals surface area contributed by atoms with Gasteiger partial charge in [-0.1, -0.05) is 41.4 Å². The molecule has 1 amide bonds. The van der Waals surface area contributed by atoms with Gasteiger partial charge in [-0.25, -0.2) is 4.99 Å². The van der Waals surface area contributed by atoms with E-state index < -0.39 is 0 Å². The summed E-state index contributed by atoms with van der Waals surface area (Å²) in [6.45, 7) is 0. The number of aliphatic imine (C=N–C) groups is 1. The van der Waals surface area contributed by atoms with E-state index in [4.69, 9.17) is 23.2 Å². The molecule has 0 aliphatic carbocycles. The molecular weight excluding hydrogens is 283 g/mol. The molecule has 0 aromatic heterocycles. The summed E-state index contributed by atoms with van der Waals surface area (Å²) in [5.74, 6) is -0.261. The largest absolute Gasteiger partial charge is 0.319 e. The van der Waals surface area contributed by atoms with Gasteiger partial charge in [0, 0.05) is 10.6 Å². The van der Waals surface area contributed by atoms with Gasteiger partial charge in [-0.3, -0.25) is 4.79 Å². The lowest BCUT2D eigenvalue weighted by molar-refractivity contribution is -0.110. The molecule has 0 unspecified atom stereocenters. The van der Waals surface area contributed by atoms with Crippen molar-refractivity contribution in [1.82, 2.24) is 0 Å². The second-order valence-corrected chi connectivity index (χ2v) is 4.90. The third-order valence-corrected chi connectivity index (χ3v) is 3.32. The van der Waals surface area contributed by atoms with Crippen LogP contribution < -0.4 is 5.32 Å². The number of hydrogen-bond donors (Lipinski definition) is 1. The number of anilines is 1. The molecule has 1 N–H and O–H groups in total. The molecule has 0 saturated heterocycles. The quantitative estimate of drug-likeness (QED) is 0.845. The predicted molar refractivity (Wildman–Crippen MR) is 77.7 cm³/mol. The Labute approximate surface area is 119 Å². The molecule has 94 valence electrons. The number of carbonyl (C=O) groups is 1. The number of nitrogens with zero attached hydrogens (tertiary/aromatic N) is 1. The number of benzene rings is 2. The Bertz CT molecular complexity index is 710. The molecular formula is C14H8Cl2N2O. The zero-order valence-electron chi connectivity index (χ0n) is 9.65. The molecule has 2 aromatic rings. The molecule has 0 spiro atoms. The van der Waals surface area contributed by atoms with E-state index in [1.165, 1.54) is 0 Å². The Balaban J connectivity index is 2.12. The number of fused-ring (bicyclic) bond motifs is 1. The van der Waals surface area contributed by atoms with Crippen molar-refractivity contribution < 1.29 is 4.79 Å². The first kappa shape index (κ1) is 12.2. The van der Waals surface area contributed by atoms with Crippen molar-refractivity contribution in [3.8, 4) is 0 Å². The van der Waals surface area contributed by atoms with E-state index in [9.17, 15) is 4.79 Å². The maximum atomic E-state index is 11.9. The van der Waals surface area contributed by atoms with Crippen molar-refractivity contribution in [3.05, 3.63) is 58.1 Å². The minimum Gasteiger partial charge on any atom is -0.319 e. The minimum absolute atomic E-state index is 0.261. The van der Waals surface area contributed by atoms with Gasteiger partial charge in [0.2, 0.25) is 0 Å². The van der Waals surface area contributed by atoms with Crippen LogP contribution in [0.15, 0.2) is 47.5 Å². The first-order valence-electron chi connectivity index (χ1n) is 5.59. The van der Waals surface area contributed by atoms with Gasteiger partial charge in [0.15, 0.2) is 0 Å². The number of hydrogen-bond acceptors (Lipinski definition) is 2. The van der Waals surface area contributed by atoms with E-state index in [0.29, 0.717) is 32.7 Å². The van der Waals surface area contributed by atoms with Crippen LogP contribution in [-0.2, 0) is 4.79 Å². The molecule has 5 heteroatoms. The maximum Gasteiger partial charge on any atom is 0.275 e. The minimum atomic E-state index is -0.261. The highest BCUT2D eigenvalue weighted by Crippen LogP contribution is 2.32.